The Bertz CT molecular complexity index is 297. The van der Waals surface area contributed by atoms with E-state index in [2.05, 4.69) is 19.6 Å². The predicted molar refractivity (Wildman–Crippen MR) is 65.4 cm³/mol. The first-order valence-corrected chi connectivity index (χ1v) is 8.94. The molecule has 0 saturated heterocycles. The lowest BCUT2D eigenvalue weighted by Gasteiger charge is -2.35. The van der Waals surface area contributed by atoms with Crippen molar-refractivity contribution in [1.29, 1.82) is 0 Å². The van der Waals surface area contributed by atoms with Crippen LogP contribution >= 0.6 is 0 Å². The SMILES string of the molecule is CC1=C[C@@H](O[Si](C)(C)C)CC(C)(C)C1=O. The molecule has 0 aromatic heterocycles. The molecule has 0 fully saturated rings. The molecule has 0 bridgehead atoms. The molecule has 0 heterocycles. The molecule has 0 radical (unpaired) electrons. The van der Waals surface area contributed by atoms with Crippen LogP contribution in [0.3, 0.4) is 0 Å². The highest BCUT2D eigenvalue weighted by atomic mass is 28.4. The Balaban J connectivity index is 2.84. The number of ketones is 1. The van der Waals surface area contributed by atoms with Crippen LogP contribution in [0.4, 0.5) is 0 Å². The number of allylic oxidation sites excluding steroid dienone is 1. The topological polar surface area (TPSA) is 26.3 Å². The van der Waals surface area contributed by atoms with E-state index in [9.17, 15) is 4.79 Å². The molecule has 3 heteroatoms. The maximum absolute atomic E-state index is 11.8. The van der Waals surface area contributed by atoms with Gasteiger partial charge in [-0.2, -0.15) is 0 Å². The Kier molecular flexibility index (Phi) is 3.26. The van der Waals surface area contributed by atoms with Gasteiger partial charge in [0.25, 0.3) is 0 Å². The fourth-order valence-corrected chi connectivity index (χ4v) is 3.13. The van der Waals surface area contributed by atoms with Crippen molar-refractivity contribution >= 4 is 14.1 Å². The van der Waals surface area contributed by atoms with Crippen molar-refractivity contribution in [3.8, 4) is 0 Å². The van der Waals surface area contributed by atoms with Crippen LogP contribution in [0.1, 0.15) is 27.2 Å². The van der Waals surface area contributed by atoms with Crippen LogP contribution in [0, 0.1) is 5.41 Å². The van der Waals surface area contributed by atoms with Crippen LogP contribution in [0.2, 0.25) is 19.6 Å². The Morgan fingerprint density at radius 1 is 1.40 bits per heavy atom. The van der Waals surface area contributed by atoms with Gasteiger partial charge in [0.15, 0.2) is 14.1 Å². The van der Waals surface area contributed by atoms with Gasteiger partial charge in [0.05, 0.1) is 6.10 Å². The van der Waals surface area contributed by atoms with Crippen molar-refractivity contribution in [3.63, 3.8) is 0 Å². The van der Waals surface area contributed by atoms with Crippen LogP contribution in [0.25, 0.3) is 0 Å². The molecule has 0 N–H and O–H groups in total. The van der Waals surface area contributed by atoms with E-state index in [-0.39, 0.29) is 17.3 Å². The Hall–Kier alpha value is -0.413. The number of rotatable bonds is 2. The molecule has 1 aliphatic rings. The Labute approximate surface area is 93.8 Å². The second-order valence-corrected chi connectivity index (χ2v) is 10.5. The van der Waals surface area contributed by atoms with Crippen molar-refractivity contribution in [2.45, 2.75) is 52.9 Å². The summed E-state index contributed by atoms with van der Waals surface area (Å²) in [6, 6.07) is 0. The first-order chi connectivity index (χ1) is 6.62. The molecule has 0 unspecified atom stereocenters. The van der Waals surface area contributed by atoms with Crippen LogP contribution in [-0.4, -0.2) is 20.2 Å². The lowest BCUT2D eigenvalue weighted by Crippen LogP contribution is -2.39. The fourth-order valence-electron chi connectivity index (χ4n) is 2.07. The van der Waals surface area contributed by atoms with Crippen molar-refractivity contribution in [2.24, 2.45) is 5.41 Å². The summed E-state index contributed by atoms with van der Waals surface area (Å²) in [7, 11) is -1.51. The molecular formula is C12H22O2Si. The summed E-state index contributed by atoms with van der Waals surface area (Å²) < 4.78 is 6.04. The lowest BCUT2D eigenvalue weighted by atomic mass is 9.75. The van der Waals surface area contributed by atoms with E-state index in [0.717, 1.165) is 12.0 Å². The Morgan fingerprint density at radius 3 is 2.33 bits per heavy atom. The number of hydrogen-bond acceptors (Lipinski definition) is 2. The second-order valence-electron chi connectivity index (χ2n) is 6.04. The van der Waals surface area contributed by atoms with Gasteiger partial charge in [0.2, 0.25) is 0 Å². The summed E-state index contributed by atoms with van der Waals surface area (Å²) in [4.78, 5) is 11.8. The molecule has 0 saturated carbocycles. The minimum Gasteiger partial charge on any atom is -0.411 e. The molecule has 1 atom stereocenters. The maximum atomic E-state index is 11.8. The highest BCUT2D eigenvalue weighted by molar-refractivity contribution is 6.69. The average molecular weight is 226 g/mol. The van der Waals surface area contributed by atoms with Crippen molar-refractivity contribution in [1.82, 2.24) is 0 Å². The summed E-state index contributed by atoms with van der Waals surface area (Å²) in [6.45, 7) is 12.4. The first-order valence-electron chi connectivity index (χ1n) is 5.53. The quantitative estimate of drug-likeness (QED) is 0.676. The smallest absolute Gasteiger partial charge is 0.184 e. The third-order valence-corrected chi connectivity index (χ3v) is 3.64. The van der Waals surface area contributed by atoms with Crippen LogP contribution < -0.4 is 0 Å². The fraction of sp³-hybridized carbons (Fsp3) is 0.750. The molecule has 0 amide bonds. The predicted octanol–water partition coefficient (Wildman–Crippen LogP) is 3.15. The monoisotopic (exact) mass is 226 g/mol. The molecule has 0 aromatic carbocycles. The first kappa shape index (κ1) is 12.7. The highest BCUT2D eigenvalue weighted by Gasteiger charge is 2.36. The van der Waals surface area contributed by atoms with Gasteiger partial charge in [-0.15, -0.1) is 0 Å². The van der Waals surface area contributed by atoms with E-state index < -0.39 is 8.32 Å². The minimum absolute atomic E-state index is 0.129. The third-order valence-electron chi connectivity index (χ3n) is 2.63. The third kappa shape index (κ3) is 3.28. The Morgan fingerprint density at radius 2 is 1.93 bits per heavy atom. The van der Waals surface area contributed by atoms with Gasteiger partial charge in [-0.25, -0.2) is 0 Å². The largest absolute Gasteiger partial charge is 0.411 e. The normalized spacial score (nSPS) is 26.4. The maximum Gasteiger partial charge on any atom is 0.184 e. The van der Waals surface area contributed by atoms with Crippen molar-refractivity contribution < 1.29 is 9.22 Å². The van der Waals surface area contributed by atoms with Crippen LogP contribution in [-0.2, 0) is 9.22 Å². The number of hydrogen-bond donors (Lipinski definition) is 0. The van der Waals surface area contributed by atoms with Gasteiger partial charge in [-0.05, 0) is 38.6 Å². The summed E-state index contributed by atoms with van der Waals surface area (Å²) in [5, 5.41) is 0. The molecule has 1 rings (SSSR count). The zero-order valence-electron chi connectivity index (χ0n) is 10.7. The van der Waals surface area contributed by atoms with Crippen molar-refractivity contribution in [2.75, 3.05) is 0 Å². The standard InChI is InChI=1S/C12H22O2Si/c1-9-7-10(14-15(4,5)6)8-12(2,3)11(9)13/h7,10H,8H2,1-6H3/t10-/m1/s1. The zero-order chi connectivity index (χ0) is 11.9. The number of carbonyl (C=O) groups excluding carboxylic acids is 1. The molecule has 86 valence electrons. The van der Waals surface area contributed by atoms with Crippen LogP contribution in [0.5, 0.6) is 0 Å². The molecule has 1 aliphatic carbocycles. The summed E-state index contributed by atoms with van der Waals surface area (Å²) in [6.07, 6.45) is 2.93. The number of Topliss-reactive ketones (excluding diaryl/α,β-unsaturated/α-hetero) is 1. The summed E-state index contributed by atoms with van der Waals surface area (Å²) in [5.41, 5.74) is 0.595. The van der Waals surface area contributed by atoms with E-state index in [0.29, 0.717) is 0 Å². The van der Waals surface area contributed by atoms with Gasteiger partial charge in [0, 0.05) is 5.41 Å². The molecular weight excluding hydrogens is 204 g/mol. The molecule has 0 spiro atoms. The van der Waals surface area contributed by atoms with Gasteiger partial charge < -0.3 is 4.43 Å². The molecule has 15 heavy (non-hydrogen) atoms. The van der Waals surface area contributed by atoms with E-state index >= 15 is 0 Å². The van der Waals surface area contributed by atoms with E-state index in [1.807, 2.05) is 26.8 Å². The average Bonchev–Trinajstić information content (AvgIpc) is 1.95. The zero-order valence-corrected chi connectivity index (χ0v) is 11.7. The van der Waals surface area contributed by atoms with E-state index in [1.54, 1.807) is 0 Å². The molecule has 2 nitrogen and oxygen atoms in total. The minimum atomic E-state index is -1.51. The number of carbonyl (C=O) groups is 1. The summed E-state index contributed by atoms with van der Waals surface area (Å²) >= 11 is 0. The van der Waals surface area contributed by atoms with Gasteiger partial charge in [-0.1, -0.05) is 19.9 Å². The molecule has 0 aromatic rings. The highest BCUT2D eigenvalue weighted by Crippen LogP contribution is 2.34. The van der Waals surface area contributed by atoms with Gasteiger partial charge in [0.1, 0.15) is 0 Å². The van der Waals surface area contributed by atoms with Crippen molar-refractivity contribution in [3.05, 3.63) is 11.6 Å². The molecule has 0 aliphatic heterocycles. The van der Waals surface area contributed by atoms with E-state index in [4.69, 9.17) is 4.43 Å². The summed E-state index contributed by atoms with van der Waals surface area (Å²) in [5.74, 6) is 0.262. The van der Waals surface area contributed by atoms with E-state index in [1.165, 1.54) is 0 Å². The van der Waals surface area contributed by atoms with Gasteiger partial charge >= 0.3 is 0 Å². The lowest BCUT2D eigenvalue weighted by molar-refractivity contribution is -0.125. The van der Waals surface area contributed by atoms with Crippen LogP contribution in [0.15, 0.2) is 11.6 Å². The van der Waals surface area contributed by atoms with Gasteiger partial charge in [-0.3, -0.25) is 4.79 Å². The second kappa shape index (κ2) is 3.87.